The maximum absolute atomic E-state index is 12.8. The fourth-order valence-electron chi connectivity index (χ4n) is 2.50. The van der Waals surface area contributed by atoms with Crippen LogP contribution in [-0.2, 0) is 17.4 Å². The smallest absolute Gasteiger partial charge is 0.416 e. The number of carbonyl (C=O) groups excluding carboxylic acids is 1. The van der Waals surface area contributed by atoms with Crippen LogP contribution in [0.15, 0.2) is 42.5 Å². The highest BCUT2D eigenvalue weighted by molar-refractivity contribution is 5.95. The number of hydrogen-bond acceptors (Lipinski definition) is 3. The van der Waals surface area contributed by atoms with E-state index in [4.69, 9.17) is 9.84 Å². The van der Waals surface area contributed by atoms with Crippen molar-refractivity contribution < 1.29 is 32.6 Å². The number of rotatable bonds is 6. The Morgan fingerprint density at radius 1 is 1.19 bits per heavy atom. The van der Waals surface area contributed by atoms with E-state index in [1.165, 1.54) is 37.4 Å². The molecule has 0 heterocycles. The third kappa shape index (κ3) is 5.22. The first-order chi connectivity index (χ1) is 12.6. The van der Waals surface area contributed by atoms with Crippen LogP contribution < -0.4 is 10.1 Å². The number of ether oxygens (including phenoxy) is 1. The number of amides is 1. The Morgan fingerprint density at radius 2 is 1.89 bits per heavy atom. The van der Waals surface area contributed by atoms with Gasteiger partial charge in [-0.15, -0.1) is 0 Å². The predicted molar refractivity (Wildman–Crippen MR) is 92.9 cm³/mol. The van der Waals surface area contributed by atoms with E-state index in [0.29, 0.717) is 5.56 Å². The van der Waals surface area contributed by atoms with Gasteiger partial charge in [-0.1, -0.05) is 25.1 Å². The molecule has 2 N–H and O–H groups in total. The van der Waals surface area contributed by atoms with Crippen LogP contribution in [0.2, 0.25) is 0 Å². The van der Waals surface area contributed by atoms with Crippen molar-refractivity contribution in [1.82, 2.24) is 0 Å². The number of nitrogens with one attached hydrogen (secondary N) is 1. The quantitative estimate of drug-likeness (QED) is 0.785. The Morgan fingerprint density at radius 3 is 2.48 bits per heavy atom. The van der Waals surface area contributed by atoms with Crippen molar-refractivity contribution in [3.8, 4) is 5.75 Å². The second-order valence-corrected chi connectivity index (χ2v) is 6.01. The molecule has 1 atom stereocenters. The lowest BCUT2D eigenvalue weighted by Gasteiger charge is -2.15. The summed E-state index contributed by atoms with van der Waals surface area (Å²) in [6.45, 7) is 1.59. The number of hydrogen-bond donors (Lipinski definition) is 2. The van der Waals surface area contributed by atoms with Gasteiger partial charge in [-0.25, -0.2) is 4.79 Å². The molecule has 0 saturated heterocycles. The lowest BCUT2D eigenvalue weighted by molar-refractivity contribution is -0.137. The lowest BCUT2D eigenvalue weighted by atomic mass is 9.98. The van der Waals surface area contributed by atoms with Gasteiger partial charge in [0.15, 0.2) is 0 Å². The first kappa shape index (κ1) is 20.3. The zero-order chi connectivity index (χ0) is 20.2. The van der Waals surface area contributed by atoms with Crippen LogP contribution in [0, 0.1) is 5.92 Å². The standard InChI is InChI=1S/C19H18F3NO4/c1-11(8-12-4-3-5-14(9-12)19(20,21)22)17(24)23-15-7-6-13(18(25)26)10-16(15)27-2/h3-7,9-11H,8H2,1-2H3,(H,23,24)(H,25,26). The van der Waals surface area contributed by atoms with Gasteiger partial charge in [-0.3, -0.25) is 4.79 Å². The highest BCUT2D eigenvalue weighted by Gasteiger charge is 2.30. The molecule has 0 saturated carbocycles. The molecule has 0 aliphatic heterocycles. The molecule has 5 nitrogen and oxygen atoms in total. The number of carboxylic acids is 1. The van der Waals surface area contributed by atoms with Gasteiger partial charge in [0.05, 0.1) is 23.9 Å². The monoisotopic (exact) mass is 381 g/mol. The summed E-state index contributed by atoms with van der Waals surface area (Å²) in [7, 11) is 1.34. The summed E-state index contributed by atoms with van der Waals surface area (Å²) in [6, 6.07) is 8.82. The van der Waals surface area contributed by atoms with E-state index in [-0.39, 0.29) is 23.4 Å². The minimum atomic E-state index is -4.44. The summed E-state index contributed by atoms with van der Waals surface area (Å²) in [5.41, 5.74) is -0.0931. The van der Waals surface area contributed by atoms with Crippen molar-refractivity contribution in [1.29, 1.82) is 0 Å². The van der Waals surface area contributed by atoms with Crippen LogP contribution in [-0.4, -0.2) is 24.1 Å². The van der Waals surface area contributed by atoms with Crippen molar-refractivity contribution in [3.63, 3.8) is 0 Å². The van der Waals surface area contributed by atoms with Crippen LogP contribution >= 0.6 is 0 Å². The van der Waals surface area contributed by atoms with Crippen LogP contribution in [0.1, 0.15) is 28.4 Å². The molecule has 0 bridgehead atoms. The molecule has 0 aliphatic carbocycles. The maximum Gasteiger partial charge on any atom is 0.416 e. The summed E-state index contributed by atoms with van der Waals surface area (Å²) in [5, 5.41) is 11.6. The average Bonchev–Trinajstić information content (AvgIpc) is 2.61. The third-order valence-corrected chi connectivity index (χ3v) is 3.95. The minimum absolute atomic E-state index is 0.00173. The molecule has 1 amide bonds. The Labute approximate surface area is 153 Å². The molecular formula is C19H18F3NO4. The van der Waals surface area contributed by atoms with Crippen molar-refractivity contribution in [2.75, 3.05) is 12.4 Å². The van der Waals surface area contributed by atoms with Crippen LogP contribution in [0.25, 0.3) is 0 Å². The van der Waals surface area contributed by atoms with Crippen molar-refractivity contribution in [2.24, 2.45) is 5.92 Å². The second kappa shape index (κ2) is 8.11. The number of carbonyl (C=O) groups is 2. The topological polar surface area (TPSA) is 75.6 Å². The van der Waals surface area contributed by atoms with Crippen LogP contribution in [0.5, 0.6) is 5.75 Å². The number of aromatic carboxylic acids is 1. The van der Waals surface area contributed by atoms with Crippen LogP contribution in [0.3, 0.4) is 0 Å². The highest BCUT2D eigenvalue weighted by atomic mass is 19.4. The minimum Gasteiger partial charge on any atom is -0.495 e. The zero-order valence-corrected chi connectivity index (χ0v) is 14.6. The molecule has 2 rings (SSSR count). The van der Waals surface area contributed by atoms with Crippen molar-refractivity contribution in [3.05, 3.63) is 59.2 Å². The van der Waals surface area contributed by atoms with E-state index in [2.05, 4.69) is 5.32 Å². The third-order valence-electron chi connectivity index (χ3n) is 3.95. The molecule has 8 heteroatoms. The summed E-state index contributed by atoms with van der Waals surface area (Å²) in [4.78, 5) is 23.4. The number of alkyl halides is 3. The van der Waals surface area contributed by atoms with Crippen molar-refractivity contribution in [2.45, 2.75) is 19.5 Å². The second-order valence-electron chi connectivity index (χ2n) is 6.01. The first-order valence-electron chi connectivity index (χ1n) is 8.00. The average molecular weight is 381 g/mol. The summed E-state index contributed by atoms with van der Waals surface area (Å²) < 4.78 is 43.5. The van der Waals surface area contributed by atoms with Crippen molar-refractivity contribution >= 4 is 17.6 Å². The van der Waals surface area contributed by atoms with Gasteiger partial charge in [0.25, 0.3) is 0 Å². The Hall–Kier alpha value is -3.03. The van der Waals surface area contributed by atoms with Gasteiger partial charge in [0, 0.05) is 5.92 Å². The first-order valence-corrected chi connectivity index (χ1v) is 8.00. The molecule has 0 fully saturated rings. The number of methoxy groups -OCH3 is 1. The zero-order valence-electron chi connectivity index (χ0n) is 14.6. The summed E-state index contributed by atoms with van der Waals surface area (Å²) in [6.07, 6.45) is -4.33. The van der Waals surface area contributed by atoms with Gasteiger partial charge in [0.2, 0.25) is 5.91 Å². The maximum atomic E-state index is 12.8. The molecule has 2 aromatic rings. The number of anilines is 1. The molecular weight excluding hydrogens is 363 g/mol. The molecule has 144 valence electrons. The lowest BCUT2D eigenvalue weighted by Crippen LogP contribution is -2.22. The van der Waals surface area contributed by atoms with E-state index in [1.54, 1.807) is 6.92 Å². The van der Waals surface area contributed by atoms with Gasteiger partial charge < -0.3 is 15.2 Å². The SMILES string of the molecule is COc1cc(C(=O)O)ccc1NC(=O)C(C)Cc1cccc(C(F)(F)F)c1. The Bertz CT molecular complexity index is 849. The van der Waals surface area contributed by atoms with Gasteiger partial charge in [-0.2, -0.15) is 13.2 Å². The van der Waals surface area contributed by atoms with E-state index < -0.39 is 29.5 Å². The largest absolute Gasteiger partial charge is 0.495 e. The Kier molecular flexibility index (Phi) is 6.09. The molecule has 0 spiro atoms. The fraction of sp³-hybridized carbons (Fsp3) is 0.263. The normalized spacial score (nSPS) is 12.3. The summed E-state index contributed by atoms with van der Waals surface area (Å²) in [5.74, 6) is -2.00. The number of carboxylic acid groups (broad SMARTS) is 1. The molecule has 2 aromatic carbocycles. The van der Waals surface area contributed by atoms with E-state index in [1.807, 2.05) is 0 Å². The number of benzene rings is 2. The van der Waals surface area contributed by atoms with Crippen LogP contribution in [0.4, 0.5) is 18.9 Å². The molecule has 1 unspecified atom stereocenters. The van der Waals surface area contributed by atoms with Gasteiger partial charge in [0.1, 0.15) is 5.75 Å². The van der Waals surface area contributed by atoms with E-state index >= 15 is 0 Å². The van der Waals surface area contributed by atoms with Gasteiger partial charge >= 0.3 is 12.1 Å². The number of halogens is 3. The van der Waals surface area contributed by atoms with E-state index in [0.717, 1.165) is 12.1 Å². The predicted octanol–water partition coefficient (Wildman–Crippen LogP) is 4.23. The van der Waals surface area contributed by atoms with E-state index in [9.17, 15) is 22.8 Å². The fourth-order valence-corrected chi connectivity index (χ4v) is 2.50. The highest BCUT2D eigenvalue weighted by Crippen LogP contribution is 2.30. The Balaban J connectivity index is 2.11. The summed E-state index contributed by atoms with van der Waals surface area (Å²) >= 11 is 0. The molecule has 0 aliphatic rings. The van der Waals surface area contributed by atoms with Gasteiger partial charge in [-0.05, 0) is 36.2 Å². The molecule has 0 radical (unpaired) electrons. The molecule has 0 aromatic heterocycles. The molecule has 27 heavy (non-hydrogen) atoms.